The Morgan fingerprint density at radius 1 is 1.27 bits per heavy atom. The third kappa shape index (κ3) is 3.84. The van der Waals surface area contributed by atoms with Crippen molar-refractivity contribution in [2.75, 3.05) is 5.32 Å². The molecule has 2 rings (SSSR count). The summed E-state index contributed by atoms with van der Waals surface area (Å²) >= 11 is 0. The normalized spacial score (nSPS) is 15.5. The predicted molar refractivity (Wildman–Crippen MR) is 81.1 cm³/mol. The fraction of sp³-hybridized carbons (Fsp3) is 0.438. The van der Waals surface area contributed by atoms with Crippen molar-refractivity contribution in [1.82, 2.24) is 5.32 Å². The van der Waals surface area contributed by atoms with Crippen LogP contribution in [-0.2, 0) is 20.9 Å². The molecule has 0 aliphatic heterocycles. The quantitative estimate of drug-likeness (QED) is 0.748. The Bertz CT molecular complexity index is 594. The molecular formula is C16H20N2O4. The minimum absolute atomic E-state index is 0.0215. The zero-order valence-electron chi connectivity index (χ0n) is 12.5. The summed E-state index contributed by atoms with van der Waals surface area (Å²) in [4.78, 5) is 34.2. The van der Waals surface area contributed by atoms with Crippen LogP contribution in [0.1, 0.15) is 38.2 Å². The Morgan fingerprint density at radius 3 is 2.55 bits per heavy atom. The van der Waals surface area contributed by atoms with E-state index in [1.165, 1.54) is 6.92 Å². The van der Waals surface area contributed by atoms with Gasteiger partial charge in [-0.2, -0.15) is 0 Å². The van der Waals surface area contributed by atoms with Crippen LogP contribution in [0.25, 0.3) is 0 Å². The van der Waals surface area contributed by atoms with Crippen molar-refractivity contribution in [3.63, 3.8) is 0 Å². The maximum absolute atomic E-state index is 11.9. The first-order chi connectivity index (χ1) is 10.4. The van der Waals surface area contributed by atoms with Crippen LogP contribution >= 0.6 is 0 Å². The Kier molecular flexibility index (Phi) is 4.80. The highest BCUT2D eigenvalue weighted by atomic mass is 16.4. The zero-order valence-corrected chi connectivity index (χ0v) is 12.5. The zero-order chi connectivity index (χ0) is 16.2. The van der Waals surface area contributed by atoms with E-state index >= 15 is 0 Å². The minimum atomic E-state index is -0.887. The van der Waals surface area contributed by atoms with Crippen molar-refractivity contribution in [3.05, 3.63) is 29.8 Å². The lowest BCUT2D eigenvalue weighted by molar-refractivity contribution is -0.157. The third-order valence-corrected chi connectivity index (χ3v) is 4.00. The number of carboxylic acid groups (broad SMARTS) is 1. The molecule has 22 heavy (non-hydrogen) atoms. The molecule has 6 nitrogen and oxygen atoms in total. The Labute approximate surface area is 128 Å². The van der Waals surface area contributed by atoms with Gasteiger partial charge in [-0.05, 0) is 30.5 Å². The molecule has 1 saturated carbocycles. The Morgan fingerprint density at radius 2 is 2.00 bits per heavy atom. The molecule has 1 fully saturated rings. The SMILES string of the molecule is CC(=O)Nc1cccc(CNC(=O)CC2(C(=O)O)CCC2)c1. The van der Waals surface area contributed by atoms with Gasteiger partial charge in [0.15, 0.2) is 0 Å². The van der Waals surface area contributed by atoms with Gasteiger partial charge in [-0.15, -0.1) is 0 Å². The summed E-state index contributed by atoms with van der Waals surface area (Å²) in [5, 5.41) is 14.6. The monoisotopic (exact) mass is 304 g/mol. The number of carbonyl (C=O) groups is 3. The van der Waals surface area contributed by atoms with Gasteiger partial charge in [0.2, 0.25) is 11.8 Å². The summed E-state index contributed by atoms with van der Waals surface area (Å²) < 4.78 is 0. The molecule has 6 heteroatoms. The maximum atomic E-state index is 11.9. The van der Waals surface area contributed by atoms with Gasteiger partial charge in [0.05, 0.1) is 5.41 Å². The number of benzene rings is 1. The highest BCUT2D eigenvalue weighted by Gasteiger charge is 2.45. The molecule has 2 amide bonds. The van der Waals surface area contributed by atoms with Gasteiger partial charge in [0.25, 0.3) is 0 Å². The molecule has 1 aliphatic rings. The molecule has 0 atom stereocenters. The summed E-state index contributed by atoms with van der Waals surface area (Å²) in [6, 6.07) is 7.16. The van der Waals surface area contributed by atoms with E-state index in [0.29, 0.717) is 25.1 Å². The van der Waals surface area contributed by atoms with Gasteiger partial charge in [-0.25, -0.2) is 0 Å². The molecule has 1 aliphatic carbocycles. The lowest BCUT2D eigenvalue weighted by Gasteiger charge is -2.36. The van der Waals surface area contributed by atoms with Crippen molar-refractivity contribution in [2.24, 2.45) is 5.41 Å². The van der Waals surface area contributed by atoms with E-state index in [-0.39, 0.29) is 18.2 Å². The van der Waals surface area contributed by atoms with Crippen LogP contribution in [0.2, 0.25) is 0 Å². The van der Waals surface area contributed by atoms with Gasteiger partial charge >= 0.3 is 5.97 Å². The van der Waals surface area contributed by atoms with Crippen LogP contribution in [0.5, 0.6) is 0 Å². The number of carbonyl (C=O) groups excluding carboxylic acids is 2. The van der Waals surface area contributed by atoms with E-state index in [1.54, 1.807) is 18.2 Å². The second-order valence-corrected chi connectivity index (χ2v) is 5.77. The molecule has 0 radical (unpaired) electrons. The number of carboxylic acids is 1. The number of anilines is 1. The number of rotatable bonds is 6. The molecule has 0 spiro atoms. The fourth-order valence-electron chi connectivity index (χ4n) is 2.60. The molecule has 118 valence electrons. The average molecular weight is 304 g/mol. The van der Waals surface area contributed by atoms with Crippen LogP contribution < -0.4 is 10.6 Å². The van der Waals surface area contributed by atoms with Crippen LogP contribution in [0.15, 0.2) is 24.3 Å². The first-order valence-electron chi connectivity index (χ1n) is 7.28. The van der Waals surface area contributed by atoms with Crippen molar-refractivity contribution in [3.8, 4) is 0 Å². The number of nitrogens with one attached hydrogen (secondary N) is 2. The summed E-state index contributed by atoms with van der Waals surface area (Å²) in [5.74, 6) is -1.30. The highest BCUT2D eigenvalue weighted by molar-refractivity contribution is 5.88. The second kappa shape index (κ2) is 6.60. The topological polar surface area (TPSA) is 95.5 Å². The lowest BCUT2D eigenvalue weighted by atomic mass is 9.66. The minimum Gasteiger partial charge on any atom is -0.481 e. The molecular weight excluding hydrogens is 284 g/mol. The molecule has 0 bridgehead atoms. The smallest absolute Gasteiger partial charge is 0.310 e. The molecule has 0 unspecified atom stereocenters. The second-order valence-electron chi connectivity index (χ2n) is 5.77. The fourth-order valence-corrected chi connectivity index (χ4v) is 2.60. The number of aliphatic carboxylic acids is 1. The molecule has 1 aromatic rings. The van der Waals surface area contributed by atoms with Gasteiger partial charge in [0.1, 0.15) is 0 Å². The summed E-state index contributed by atoms with van der Waals surface area (Å²) in [6.07, 6.45) is 2.01. The van der Waals surface area contributed by atoms with Crippen molar-refractivity contribution < 1.29 is 19.5 Å². The maximum Gasteiger partial charge on any atom is 0.310 e. The Hall–Kier alpha value is -2.37. The van der Waals surface area contributed by atoms with Crippen molar-refractivity contribution >= 4 is 23.5 Å². The van der Waals surface area contributed by atoms with E-state index < -0.39 is 11.4 Å². The highest BCUT2D eigenvalue weighted by Crippen LogP contribution is 2.44. The van der Waals surface area contributed by atoms with E-state index in [1.807, 2.05) is 6.07 Å². The molecule has 0 heterocycles. The van der Waals surface area contributed by atoms with E-state index in [9.17, 15) is 19.5 Å². The molecule has 0 aromatic heterocycles. The molecule has 1 aromatic carbocycles. The van der Waals surface area contributed by atoms with Crippen LogP contribution in [0.4, 0.5) is 5.69 Å². The van der Waals surface area contributed by atoms with Crippen molar-refractivity contribution in [1.29, 1.82) is 0 Å². The predicted octanol–water partition coefficient (Wildman–Crippen LogP) is 1.91. The van der Waals surface area contributed by atoms with Gasteiger partial charge in [-0.1, -0.05) is 18.6 Å². The summed E-state index contributed by atoms with van der Waals surface area (Å²) in [5.41, 5.74) is 0.639. The van der Waals surface area contributed by atoms with Crippen molar-refractivity contribution in [2.45, 2.75) is 39.2 Å². The third-order valence-electron chi connectivity index (χ3n) is 4.00. The van der Waals surface area contributed by atoms with Crippen LogP contribution in [-0.4, -0.2) is 22.9 Å². The standard InChI is InChI=1S/C16H20N2O4/c1-11(19)18-13-5-2-4-12(8-13)10-17-14(20)9-16(15(21)22)6-3-7-16/h2,4-5,8H,3,6-7,9-10H2,1H3,(H,17,20)(H,18,19)(H,21,22). The molecule has 3 N–H and O–H groups in total. The lowest BCUT2D eigenvalue weighted by Crippen LogP contribution is -2.42. The number of hydrogen-bond donors (Lipinski definition) is 3. The summed E-state index contributed by atoms with van der Waals surface area (Å²) in [7, 11) is 0. The van der Waals surface area contributed by atoms with Gasteiger partial charge in [-0.3, -0.25) is 14.4 Å². The first-order valence-corrected chi connectivity index (χ1v) is 7.28. The number of hydrogen-bond acceptors (Lipinski definition) is 3. The van der Waals surface area contributed by atoms with E-state index in [2.05, 4.69) is 10.6 Å². The Balaban J connectivity index is 1.88. The first kappa shape index (κ1) is 16.0. The van der Waals surface area contributed by atoms with Crippen LogP contribution in [0.3, 0.4) is 0 Å². The van der Waals surface area contributed by atoms with Gasteiger partial charge in [0, 0.05) is 25.6 Å². The average Bonchev–Trinajstić information content (AvgIpc) is 2.40. The largest absolute Gasteiger partial charge is 0.481 e. The number of amides is 2. The van der Waals surface area contributed by atoms with Gasteiger partial charge < -0.3 is 15.7 Å². The molecule has 0 saturated heterocycles. The van der Waals surface area contributed by atoms with Crippen LogP contribution in [0, 0.1) is 5.41 Å². The van der Waals surface area contributed by atoms with E-state index in [4.69, 9.17) is 0 Å². The summed E-state index contributed by atoms with van der Waals surface area (Å²) in [6.45, 7) is 1.74. The van der Waals surface area contributed by atoms with E-state index in [0.717, 1.165) is 12.0 Å².